The number of nitrogens with zero attached hydrogens (tertiary/aromatic N) is 1. The summed E-state index contributed by atoms with van der Waals surface area (Å²) in [4.78, 5) is 5.45. The van der Waals surface area contributed by atoms with Gasteiger partial charge in [-0.2, -0.15) is 0 Å². The van der Waals surface area contributed by atoms with Crippen LogP contribution in [0.1, 0.15) is 0 Å². The van der Waals surface area contributed by atoms with Gasteiger partial charge >= 0.3 is 0 Å². The molecule has 0 radical (unpaired) electrons. The minimum Gasteiger partial charge on any atom is -0.369 e. The molecule has 2 aromatic rings. The van der Waals surface area contributed by atoms with Crippen LogP contribution in [0.15, 0.2) is 53.4 Å². The molecule has 88 valence electrons. The predicted octanol–water partition coefficient (Wildman–Crippen LogP) is 3.94. The van der Waals surface area contributed by atoms with Crippen molar-refractivity contribution in [1.82, 2.24) is 4.98 Å². The molecular weight excluding hydrogens is 252 g/mol. The molecule has 0 saturated carbocycles. The lowest BCUT2D eigenvalue weighted by Crippen LogP contribution is -2.05. The molecule has 1 aromatic carbocycles. The van der Waals surface area contributed by atoms with E-state index in [1.807, 2.05) is 42.1 Å². The van der Waals surface area contributed by atoms with Gasteiger partial charge in [0.1, 0.15) is 11.0 Å². The maximum atomic E-state index is 5.80. The number of halogens is 1. The van der Waals surface area contributed by atoms with Crippen LogP contribution in [-0.4, -0.2) is 17.3 Å². The molecule has 0 aliphatic heterocycles. The molecule has 17 heavy (non-hydrogen) atoms. The molecule has 4 heteroatoms. The molecule has 1 heterocycles. The van der Waals surface area contributed by atoms with Crippen LogP contribution >= 0.6 is 23.4 Å². The molecule has 0 bridgehead atoms. The monoisotopic (exact) mass is 264 g/mol. The zero-order chi connectivity index (χ0) is 11.9. The number of rotatable bonds is 5. The quantitative estimate of drug-likeness (QED) is 0.503. The second-order valence-electron chi connectivity index (χ2n) is 3.43. The average Bonchev–Trinajstić information content (AvgIpc) is 2.36. The van der Waals surface area contributed by atoms with Crippen LogP contribution in [0.5, 0.6) is 0 Å². The lowest BCUT2D eigenvalue weighted by Gasteiger charge is -2.05. The third kappa shape index (κ3) is 4.29. The molecular formula is C13H13ClN2S. The van der Waals surface area contributed by atoms with E-state index in [-0.39, 0.29) is 0 Å². The third-order valence-electron chi connectivity index (χ3n) is 2.14. The van der Waals surface area contributed by atoms with Crippen LogP contribution in [0.25, 0.3) is 0 Å². The second kappa shape index (κ2) is 6.52. The molecule has 2 rings (SSSR count). The van der Waals surface area contributed by atoms with Crippen molar-refractivity contribution in [3.05, 3.63) is 53.7 Å². The Morgan fingerprint density at radius 3 is 2.65 bits per heavy atom. The van der Waals surface area contributed by atoms with E-state index in [0.717, 1.165) is 18.1 Å². The number of thioether (sulfide) groups is 1. The van der Waals surface area contributed by atoms with Crippen molar-refractivity contribution < 1.29 is 0 Å². The molecule has 0 aliphatic carbocycles. The van der Waals surface area contributed by atoms with Crippen molar-refractivity contribution in [2.45, 2.75) is 4.90 Å². The lowest BCUT2D eigenvalue weighted by molar-refractivity contribution is 1.17. The fourth-order valence-electron chi connectivity index (χ4n) is 1.37. The number of aromatic nitrogens is 1. The summed E-state index contributed by atoms with van der Waals surface area (Å²) in [6, 6.07) is 15.9. The molecule has 0 aliphatic rings. The van der Waals surface area contributed by atoms with Gasteiger partial charge in [-0.1, -0.05) is 35.9 Å². The maximum absolute atomic E-state index is 5.80. The number of benzene rings is 1. The van der Waals surface area contributed by atoms with Crippen molar-refractivity contribution in [3.63, 3.8) is 0 Å². The average molecular weight is 265 g/mol. The van der Waals surface area contributed by atoms with Gasteiger partial charge in [0.05, 0.1) is 0 Å². The van der Waals surface area contributed by atoms with Crippen molar-refractivity contribution in [1.29, 1.82) is 0 Å². The Balaban J connectivity index is 1.73. The molecule has 0 spiro atoms. The highest BCUT2D eigenvalue weighted by Gasteiger charge is 1.95. The van der Waals surface area contributed by atoms with E-state index >= 15 is 0 Å². The van der Waals surface area contributed by atoms with Gasteiger partial charge in [-0.3, -0.25) is 0 Å². The highest BCUT2D eigenvalue weighted by molar-refractivity contribution is 7.99. The summed E-state index contributed by atoms with van der Waals surface area (Å²) in [5.41, 5.74) is 0. The van der Waals surface area contributed by atoms with E-state index in [1.165, 1.54) is 4.90 Å². The van der Waals surface area contributed by atoms with Crippen molar-refractivity contribution in [2.24, 2.45) is 0 Å². The summed E-state index contributed by atoms with van der Waals surface area (Å²) < 4.78 is 0. The van der Waals surface area contributed by atoms with E-state index in [1.54, 1.807) is 6.07 Å². The number of hydrogen-bond donors (Lipinski definition) is 1. The van der Waals surface area contributed by atoms with Gasteiger partial charge in [-0.15, -0.1) is 11.8 Å². The first kappa shape index (κ1) is 12.3. The highest BCUT2D eigenvalue weighted by Crippen LogP contribution is 2.16. The van der Waals surface area contributed by atoms with Gasteiger partial charge in [0.25, 0.3) is 0 Å². The van der Waals surface area contributed by atoms with Gasteiger partial charge < -0.3 is 5.32 Å². The predicted molar refractivity (Wildman–Crippen MR) is 74.9 cm³/mol. The Morgan fingerprint density at radius 1 is 1.06 bits per heavy atom. The van der Waals surface area contributed by atoms with E-state index in [0.29, 0.717) is 5.15 Å². The number of pyridine rings is 1. The van der Waals surface area contributed by atoms with E-state index < -0.39 is 0 Å². The molecule has 1 N–H and O–H groups in total. The lowest BCUT2D eigenvalue weighted by atomic mass is 10.4. The van der Waals surface area contributed by atoms with E-state index in [9.17, 15) is 0 Å². The molecule has 0 saturated heterocycles. The molecule has 1 aromatic heterocycles. The minimum atomic E-state index is 0.519. The Bertz CT molecular complexity index is 462. The zero-order valence-corrected chi connectivity index (χ0v) is 10.8. The third-order valence-corrected chi connectivity index (χ3v) is 3.36. The number of nitrogens with one attached hydrogen (secondary N) is 1. The van der Waals surface area contributed by atoms with Gasteiger partial charge in [0.2, 0.25) is 0 Å². The van der Waals surface area contributed by atoms with Gasteiger partial charge in [0.15, 0.2) is 0 Å². The van der Waals surface area contributed by atoms with Gasteiger partial charge in [0, 0.05) is 17.2 Å². The zero-order valence-electron chi connectivity index (χ0n) is 9.27. The SMILES string of the molecule is Clc1cccc(NCCSc2ccccc2)n1. The van der Waals surface area contributed by atoms with Crippen molar-refractivity contribution in [2.75, 3.05) is 17.6 Å². The Labute approximate surface area is 110 Å². The van der Waals surface area contributed by atoms with E-state index in [4.69, 9.17) is 11.6 Å². The van der Waals surface area contributed by atoms with Crippen LogP contribution in [-0.2, 0) is 0 Å². The summed E-state index contributed by atoms with van der Waals surface area (Å²) in [5, 5.41) is 3.76. The first-order valence-electron chi connectivity index (χ1n) is 5.39. The standard InChI is InChI=1S/C13H13ClN2S/c14-12-7-4-8-13(16-12)15-9-10-17-11-5-2-1-3-6-11/h1-8H,9-10H2,(H,15,16). The van der Waals surface area contributed by atoms with Gasteiger partial charge in [-0.05, 0) is 24.3 Å². The smallest absolute Gasteiger partial charge is 0.131 e. The molecule has 0 unspecified atom stereocenters. The maximum Gasteiger partial charge on any atom is 0.131 e. The largest absolute Gasteiger partial charge is 0.369 e. The normalized spacial score (nSPS) is 10.2. The van der Waals surface area contributed by atoms with Crippen LogP contribution in [0.2, 0.25) is 5.15 Å². The topological polar surface area (TPSA) is 24.9 Å². The fourth-order valence-corrected chi connectivity index (χ4v) is 2.32. The van der Waals surface area contributed by atoms with Crippen LogP contribution in [0.3, 0.4) is 0 Å². The van der Waals surface area contributed by atoms with Crippen LogP contribution in [0.4, 0.5) is 5.82 Å². The van der Waals surface area contributed by atoms with E-state index in [2.05, 4.69) is 22.4 Å². The Hall–Kier alpha value is -1.19. The summed E-state index contributed by atoms with van der Waals surface area (Å²) >= 11 is 7.62. The molecule has 0 amide bonds. The number of hydrogen-bond acceptors (Lipinski definition) is 3. The first-order valence-corrected chi connectivity index (χ1v) is 6.75. The van der Waals surface area contributed by atoms with Gasteiger partial charge in [-0.25, -0.2) is 4.98 Å². The molecule has 2 nitrogen and oxygen atoms in total. The van der Waals surface area contributed by atoms with Crippen LogP contribution < -0.4 is 5.32 Å². The number of anilines is 1. The second-order valence-corrected chi connectivity index (χ2v) is 4.99. The Kier molecular flexibility index (Phi) is 4.71. The summed E-state index contributed by atoms with van der Waals surface area (Å²) in [6.45, 7) is 0.868. The summed E-state index contributed by atoms with van der Waals surface area (Å²) in [5.74, 6) is 1.82. The van der Waals surface area contributed by atoms with Crippen molar-refractivity contribution in [3.8, 4) is 0 Å². The summed E-state index contributed by atoms with van der Waals surface area (Å²) in [6.07, 6.45) is 0. The molecule has 0 atom stereocenters. The first-order chi connectivity index (χ1) is 8.34. The Morgan fingerprint density at radius 2 is 1.88 bits per heavy atom. The fraction of sp³-hybridized carbons (Fsp3) is 0.154. The molecule has 0 fully saturated rings. The minimum absolute atomic E-state index is 0.519. The summed E-state index contributed by atoms with van der Waals surface area (Å²) in [7, 11) is 0. The van der Waals surface area contributed by atoms with Crippen molar-refractivity contribution >= 4 is 29.2 Å². The van der Waals surface area contributed by atoms with Crippen LogP contribution in [0, 0.1) is 0 Å². The highest BCUT2D eigenvalue weighted by atomic mass is 35.5.